The molecule has 0 aromatic rings. The van der Waals surface area contributed by atoms with E-state index in [4.69, 9.17) is 5.26 Å². The number of nitrogens with zero attached hydrogens (tertiary/aromatic N) is 2. The molecule has 3 nitrogen and oxygen atoms in total. The predicted octanol–water partition coefficient (Wildman–Crippen LogP) is 2.54. The maximum atomic E-state index is 12.0. The van der Waals surface area contributed by atoms with Gasteiger partial charge in [-0.1, -0.05) is 6.92 Å². The summed E-state index contributed by atoms with van der Waals surface area (Å²) >= 11 is 0. The number of nitriles is 1. The standard InChI is InChI=1S/C12H22F3N3/c1-4-17-11(2,10-16)6-5-8-18(3)9-7-12(13,14)15/h17H,4-9H2,1-3H3. The lowest BCUT2D eigenvalue weighted by Gasteiger charge is -2.24. The largest absolute Gasteiger partial charge is 0.390 e. The van der Waals surface area contributed by atoms with E-state index in [1.807, 2.05) is 13.8 Å². The lowest BCUT2D eigenvalue weighted by atomic mass is 9.97. The van der Waals surface area contributed by atoms with Crippen molar-refractivity contribution in [2.24, 2.45) is 0 Å². The molecule has 1 N–H and O–H groups in total. The summed E-state index contributed by atoms with van der Waals surface area (Å²) in [5.41, 5.74) is -0.584. The predicted molar refractivity (Wildman–Crippen MR) is 65.1 cm³/mol. The van der Waals surface area contributed by atoms with Crippen LogP contribution in [0.25, 0.3) is 0 Å². The van der Waals surface area contributed by atoms with Crippen LogP contribution in [-0.4, -0.2) is 43.3 Å². The lowest BCUT2D eigenvalue weighted by molar-refractivity contribution is -0.137. The molecule has 0 aliphatic rings. The third-order valence-corrected chi connectivity index (χ3v) is 2.81. The zero-order chi connectivity index (χ0) is 14.2. The highest BCUT2D eigenvalue weighted by Gasteiger charge is 2.27. The summed E-state index contributed by atoms with van der Waals surface area (Å²) in [5.74, 6) is 0. The van der Waals surface area contributed by atoms with Crippen molar-refractivity contribution in [3.8, 4) is 6.07 Å². The van der Waals surface area contributed by atoms with Gasteiger partial charge in [-0.3, -0.25) is 5.32 Å². The summed E-state index contributed by atoms with van der Waals surface area (Å²) in [5, 5.41) is 12.1. The quantitative estimate of drug-likeness (QED) is 0.733. The summed E-state index contributed by atoms with van der Waals surface area (Å²) in [6, 6.07) is 2.20. The third kappa shape index (κ3) is 8.31. The van der Waals surface area contributed by atoms with Gasteiger partial charge in [-0.2, -0.15) is 18.4 Å². The van der Waals surface area contributed by atoms with Crippen molar-refractivity contribution in [2.75, 3.05) is 26.7 Å². The Morgan fingerprint density at radius 3 is 2.28 bits per heavy atom. The first kappa shape index (κ1) is 17.2. The number of nitrogens with one attached hydrogen (secondary N) is 1. The molecule has 0 saturated carbocycles. The van der Waals surface area contributed by atoms with E-state index >= 15 is 0 Å². The Labute approximate surface area is 107 Å². The normalized spacial score (nSPS) is 15.4. The fraction of sp³-hybridized carbons (Fsp3) is 0.917. The van der Waals surface area contributed by atoms with Crippen molar-refractivity contribution >= 4 is 0 Å². The number of hydrogen-bond acceptors (Lipinski definition) is 3. The molecule has 0 heterocycles. The zero-order valence-electron chi connectivity index (χ0n) is 11.3. The van der Waals surface area contributed by atoms with E-state index in [0.717, 1.165) is 0 Å². The third-order valence-electron chi connectivity index (χ3n) is 2.81. The van der Waals surface area contributed by atoms with Crippen molar-refractivity contribution in [3.05, 3.63) is 0 Å². The molecule has 0 spiro atoms. The van der Waals surface area contributed by atoms with E-state index in [-0.39, 0.29) is 6.54 Å². The summed E-state index contributed by atoms with van der Waals surface area (Å²) in [6.07, 6.45) is -3.55. The van der Waals surface area contributed by atoms with E-state index in [1.54, 1.807) is 11.9 Å². The smallest absolute Gasteiger partial charge is 0.306 e. The maximum absolute atomic E-state index is 12.0. The van der Waals surface area contributed by atoms with Gasteiger partial charge < -0.3 is 4.90 Å². The van der Waals surface area contributed by atoms with Crippen LogP contribution in [0.3, 0.4) is 0 Å². The second-order valence-corrected chi connectivity index (χ2v) is 4.75. The average molecular weight is 265 g/mol. The van der Waals surface area contributed by atoms with E-state index in [2.05, 4.69) is 11.4 Å². The minimum absolute atomic E-state index is 0.00791. The highest BCUT2D eigenvalue weighted by Crippen LogP contribution is 2.19. The molecule has 0 saturated heterocycles. The lowest BCUT2D eigenvalue weighted by Crippen LogP contribution is -2.41. The van der Waals surface area contributed by atoms with Crippen LogP contribution in [0.2, 0.25) is 0 Å². The average Bonchev–Trinajstić information content (AvgIpc) is 2.26. The Kier molecular flexibility index (Phi) is 7.26. The molecule has 0 aliphatic heterocycles. The van der Waals surface area contributed by atoms with Gasteiger partial charge in [0.1, 0.15) is 5.54 Å². The van der Waals surface area contributed by atoms with E-state index in [0.29, 0.717) is 25.9 Å². The summed E-state index contributed by atoms with van der Waals surface area (Å²) in [4.78, 5) is 1.65. The summed E-state index contributed by atoms with van der Waals surface area (Å²) in [6.45, 7) is 5.01. The molecule has 1 atom stereocenters. The zero-order valence-corrected chi connectivity index (χ0v) is 11.3. The first-order chi connectivity index (χ1) is 8.22. The van der Waals surface area contributed by atoms with E-state index in [9.17, 15) is 13.2 Å². The second kappa shape index (κ2) is 7.59. The first-order valence-corrected chi connectivity index (χ1v) is 6.14. The van der Waals surface area contributed by atoms with Crippen molar-refractivity contribution in [1.29, 1.82) is 5.26 Å². The summed E-state index contributed by atoms with van der Waals surface area (Å²) in [7, 11) is 1.67. The Hall–Kier alpha value is -0.800. The van der Waals surface area contributed by atoms with Crippen LogP contribution in [0.4, 0.5) is 13.2 Å². The van der Waals surface area contributed by atoms with E-state index in [1.165, 1.54) is 0 Å². The van der Waals surface area contributed by atoms with Gasteiger partial charge in [-0.05, 0) is 39.9 Å². The molecule has 0 aliphatic carbocycles. The van der Waals surface area contributed by atoms with Crippen molar-refractivity contribution < 1.29 is 13.2 Å². The minimum Gasteiger partial charge on any atom is -0.306 e. The molecule has 0 rings (SSSR count). The van der Waals surface area contributed by atoms with E-state index < -0.39 is 18.1 Å². The highest BCUT2D eigenvalue weighted by molar-refractivity contribution is 5.03. The Morgan fingerprint density at radius 1 is 1.22 bits per heavy atom. The van der Waals surface area contributed by atoms with Gasteiger partial charge in [0.25, 0.3) is 0 Å². The molecule has 0 aromatic heterocycles. The molecular weight excluding hydrogens is 243 g/mol. The Bertz CT molecular complexity index is 273. The van der Waals surface area contributed by atoms with Crippen LogP contribution in [0.15, 0.2) is 0 Å². The van der Waals surface area contributed by atoms with Crippen LogP contribution in [0.1, 0.15) is 33.1 Å². The number of rotatable bonds is 8. The topological polar surface area (TPSA) is 39.1 Å². The number of alkyl halides is 3. The molecule has 0 fully saturated rings. The van der Waals surface area contributed by atoms with Gasteiger partial charge in [-0.25, -0.2) is 0 Å². The SMILES string of the molecule is CCNC(C)(C#N)CCCN(C)CCC(F)(F)F. The van der Waals surface area contributed by atoms with Gasteiger partial charge in [0, 0.05) is 6.54 Å². The molecular formula is C12H22F3N3. The molecule has 1 unspecified atom stereocenters. The van der Waals surface area contributed by atoms with Crippen molar-refractivity contribution in [2.45, 2.75) is 44.8 Å². The highest BCUT2D eigenvalue weighted by atomic mass is 19.4. The molecule has 0 aromatic carbocycles. The Balaban J connectivity index is 3.87. The van der Waals surface area contributed by atoms with Crippen LogP contribution in [-0.2, 0) is 0 Å². The monoisotopic (exact) mass is 265 g/mol. The first-order valence-electron chi connectivity index (χ1n) is 6.14. The van der Waals surface area contributed by atoms with Crippen molar-refractivity contribution in [3.63, 3.8) is 0 Å². The fourth-order valence-electron chi connectivity index (χ4n) is 1.71. The van der Waals surface area contributed by atoms with Crippen LogP contribution < -0.4 is 5.32 Å². The molecule has 0 radical (unpaired) electrons. The van der Waals surface area contributed by atoms with Gasteiger partial charge in [0.15, 0.2) is 0 Å². The van der Waals surface area contributed by atoms with Gasteiger partial charge in [0.05, 0.1) is 12.5 Å². The molecule has 0 bridgehead atoms. The van der Waals surface area contributed by atoms with Gasteiger partial charge in [-0.15, -0.1) is 0 Å². The molecule has 0 amide bonds. The maximum Gasteiger partial charge on any atom is 0.390 e. The van der Waals surface area contributed by atoms with Crippen LogP contribution in [0.5, 0.6) is 0 Å². The van der Waals surface area contributed by atoms with Crippen LogP contribution >= 0.6 is 0 Å². The number of hydrogen-bond donors (Lipinski definition) is 1. The molecule has 18 heavy (non-hydrogen) atoms. The second-order valence-electron chi connectivity index (χ2n) is 4.75. The minimum atomic E-state index is -4.10. The fourth-order valence-corrected chi connectivity index (χ4v) is 1.71. The summed E-state index contributed by atoms with van der Waals surface area (Å²) < 4.78 is 36.0. The van der Waals surface area contributed by atoms with Crippen LogP contribution in [0, 0.1) is 11.3 Å². The van der Waals surface area contributed by atoms with Gasteiger partial charge >= 0.3 is 6.18 Å². The molecule has 6 heteroatoms. The van der Waals surface area contributed by atoms with Crippen molar-refractivity contribution in [1.82, 2.24) is 10.2 Å². The Morgan fingerprint density at radius 2 is 1.83 bits per heavy atom. The van der Waals surface area contributed by atoms with Gasteiger partial charge in [0.2, 0.25) is 0 Å². The molecule has 106 valence electrons. The number of halogens is 3.